The van der Waals surface area contributed by atoms with E-state index in [9.17, 15) is 5.11 Å². The third kappa shape index (κ3) is 3.38. The second-order valence-corrected chi connectivity index (χ2v) is 5.43. The highest BCUT2D eigenvalue weighted by atomic mass is 32.1. The fourth-order valence-corrected chi connectivity index (χ4v) is 2.59. The molecule has 1 aromatic heterocycles. The van der Waals surface area contributed by atoms with Crippen LogP contribution in [-0.4, -0.2) is 16.2 Å². The molecule has 0 fully saturated rings. The van der Waals surface area contributed by atoms with Crippen molar-refractivity contribution in [3.8, 4) is 0 Å². The molecule has 2 rings (SSSR count). The average molecular weight is 247 g/mol. The van der Waals surface area contributed by atoms with Crippen LogP contribution in [0, 0.1) is 13.8 Å². The van der Waals surface area contributed by atoms with E-state index in [-0.39, 0.29) is 6.10 Å². The number of hydrogen-bond donors (Lipinski definition) is 1. The normalized spacial score (nSPS) is 12.6. The Morgan fingerprint density at radius 2 is 2.12 bits per heavy atom. The summed E-state index contributed by atoms with van der Waals surface area (Å²) in [7, 11) is 0. The summed E-state index contributed by atoms with van der Waals surface area (Å²) in [4.78, 5) is 5.16. The first kappa shape index (κ1) is 12.3. The summed E-state index contributed by atoms with van der Waals surface area (Å²) in [6.45, 7) is 4.17. The predicted molar refractivity (Wildman–Crippen MR) is 71.4 cm³/mol. The zero-order valence-corrected chi connectivity index (χ0v) is 11.0. The second-order valence-electron chi connectivity index (χ2n) is 4.46. The first-order valence-corrected chi connectivity index (χ1v) is 6.64. The van der Waals surface area contributed by atoms with E-state index in [1.165, 1.54) is 16.7 Å². The Bertz CT molecular complexity index is 479. The summed E-state index contributed by atoms with van der Waals surface area (Å²) in [5, 5.41) is 10.1. The van der Waals surface area contributed by atoms with E-state index >= 15 is 0 Å². The molecule has 1 heterocycles. The van der Waals surface area contributed by atoms with Gasteiger partial charge in [0.1, 0.15) is 0 Å². The third-order valence-corrected chi connectivity index (χ3v) is 3.68. The molecule has 0 saturated heterocycles. The van der Waals surface area contributed by atoms with E-state index in [1.807, 2.05) is 6.20 Å². The van der Waals surface area contributed by atoms with Gasteiger partial charge in [0, 0.05) is 17.5 Å². The smallest absolute Gasteiger partial charge is 0.0794 e. The molecule has 0 aliphatic rings. The molecular formula is C14H17NOS. The number of rotatable bonds is 4. The minimum atomic E-state index is -0.323. The average Bonchev–Trinajstić information content (AvgIpc) is 2.76. The highest BCUT2D eigenvalue weighted by molar-refractivity contribution is 7.09. The molecule has 0 aliphatic heterocycles. The Morgan fingerprint density at radius 3 is 2.82 bits per heavy atom. The monoisotopic (exact) mass is 247 g/mol. The SMILES string of the molecule is Cc1ccc(C)c(CC(O)Cc2cncs2)c1. The number of hydrogen-bond acceptors (Lipinski definition) is 3. The highest BCUT2D eigenvalue weighted by Crippen LogP contribution is 2.16. The van der Waals surface area contributed by atoms with Gasteiger partial charge in [0.05, 0.1) is 11.6 Å². The van der Waals surface area contributed by atoms with Gasteiger partial charge < -0.3 is 5.11 Å². The number of benzene rings is 1. The van der Waals surface area contributed by atoms with Crippen LogP contribution in [0.5, 0.6) is 0 Å². The van der Waals surface area contributed by atoms with Gasteiger partial charge in [0.15, 0.2) is 0 Å². The van der Waals surface area contributed by atoms with Crippen LogP contribution in [0.4, 0.5) is 0 Å². The van der Waals surface area contributed by atoms with Gasteiger partial charge in [-0.2, -0.15) is 0 Å². The van der Waals surface area contributed by atoms with Gasteiger partial charge in [-0.05, 0) is 31.4 Å². The molecule has 0 saturated carbocycles. The first-order chi connectivity index (χ1) is 8.15. The quantitative estimate of drug-likeness (QED) is 0.901. The number of aliphatic hydroxyl groups excluding tert-OH is 1. The van der Waals surface area contributed by atoms with E-state index in [1.54, 1.807) is 16.8 Å². The van der Waals surface area contributed by atoms with Crippen molar-refractivity contribution in [2.45, 2.75) is 32.8 Å². The third-order valence-electron chi connectivity index (χ3n) is 2.88. The van der Waals surface area contributed by atoms with Gasteiger partial charge >= 0.3 is 0 Å². The molecule has 1 unspecified atom stereocenters. The molecule has 1 N–H and O–H groups in total. The van der Waals surface area contributed by atoms with Crippen LogP contribution in [0.3, 0.4) is 0 Å². The van der Waals surface area contributed by atoms with Crippen molar-refractivity contribution in [2.24, 2.45) is 0 Å². The second kappa shape index (κ2) is 5.43. The summed E-state index contributed by atoms with van der Waals surface area (Å²) in [6.07, 6.45) is 2.91. The predicted octanol–water partition coefficient (Wildman–Crippen LogP) is 2.91. The fourth-order valence-electron chi connectivity index (χ4n) is 1.92. The van der Waals surface area contributed by atoms with Crippen molar-refractivity contribution in [2.75, 3.05) is 0 Å². The van der Waals surface area contributed by atoms with Crippen LogP contribution in [0.15, 0.2) is 29.9 Å². The van der Waals surface area contributed by atoms with E-state index in [4.69, 9.17) is 0 Å². The van der Waals surface area contributed by atoms with Crippen molar-refractivity contribution in [3.63, 3.8) is 0 Å². The van der Waals surface area contributed by atoms with E-state index in [0.29, 0.717) is 12.8 Å². The summed E-state index contributed by atoms with van der Waals surface area (Å²) >= 11 is 1.60. The van der Waals surface area contributed by atoms with Crippen LogP contribution in [0.1, 0.15) is 21.6 Å². The molecule has 0 amide bonds. The van der Waals surface area contributed by atoms with Gasteiger partial charge in [-0.25, -0.2) is 0 Å². The van der Waals surface area contributed by atoms with Gasteiger partial charge in [0.25, 0.3) is 0 Å². The maximum absolute atomic E-state index is 10.1. The summed E-state index contributed by atoms with van der Waals surface area (Å²) in [5.41, 5.74) is 5.54. The zero-order chi connectivity index (χ0) is 12.3. The van der Waals surface area contributed by atoms with Gasteiger partial charge in [-0.1, -0.05) is 23.8 Å². The molecule has 0 bridgehead atoms. The summed E-state index contributed by atoms with van der Waals surface area (Å²) in [6, 6.07) is 6.38. The van der Waals surface area contributed by atoms with Crippen molar-refractivity contribution in [1.82, 2.24) is 4.98 Å². The number of thiazole rings is 1. The van der Waals surface area contributed by atoms with Crippen molar-refractivity contribution in [3.05, 3.63) is 51.5 Å². The Balaban J connectivity index is 2.02. The minimum absolute atomic E-state index is 0.323. The minimum Gasteiger partial charge on any atom is -0.392 e. The largest absolute Gasteiger partial charge is 0.392 e. The maximum Gasteiger partial charge on any atom is 0.0794 e. The molecule has 17 heavy (non-hydrogen) atoms. The van der Waals surface area contributed by atoms with Gasteiger partial charge in [-0.3, -0.25) is 4.98 Å². The molecular weight excluding hydrogens is 230 g/mol. The number of nitrogens with zero attached hydrogens (tertiary/aromatic N) is 1. The van der Waals surface area contributed by atoms with Crippen molar-refractivity contribution >= 4 is 11.3 Å². The van der Waals surface area contributed by atoms with Crippen LogP contribution in [0.25, 0.3) is 0 Å². The van der Waals surface area contributed by atoms with Gasteiger partial charge in [-0.15, -0.1) is 11.3 Å². The Labute approximate surface area is 106 Å². The molecule has 90 valence electrons. The Kier molecular flexibility index (Phi) is 3.92. The molecule has 0 spiro atoms. The van der Waals surface area contributed by atoms with Crippen molar-refractivity contribution in [1.29, 1.82) is 0 Å². The van der Waals surface area contributed by atoms with E-state index < -0.39 is 0 Å². The fraction of sp³-hybridized carbons (Fsp3) is 0.357. The molecule has 2 aromatic rings. The summed E-state index contributed by atoms with van der Waals surface area (Å²) in [5.74, 6) is 0. The van der Waals surface area contributed by atoms with Gasteiger partial charge in [0.2, 0.25) is 0 Å². The van der Waals surface area contributed by atoms with Crippen LogP contribution in [-0.2, 0) is 12.8 Å². The maximum atomic E-state index is 10.1. The molecule has 0 aliphatic carbocycles. The molecule has 1 atom stereocenters. The first-order valence-electron chi connectivity index (χ1n) is 5.76. The molecule has 2 nitrogen and oxygen atoms in total. The molecule has 0 radical (unpaired) electrons. The Morgan fingerprint density at radius 1 is 1.29 bits per heavy atom. The highest BCUT2D eigenvalue weighted by Gasteiger charge is 2.09. The van der Waals surface area contributed by atoms with Crippen LogP contribution in [0.2, 0.25) is 0 Å². The zero-order valence-electron chi connectivity index (χ0n) is 10.2. The number of aromatic nitrogens is 1. The van der Waals surface area contributed by atoms with Crippen LogP contribution >= 0.6 is 11.3 Å². The van der Waals surface area contributed by atoms with E-state index in [2.05, 4.69) is 37.0 Å². The summed E-state index contributed by atoms with van der Waals surface area (Å²) < 4.78 is 0. The standard InChI is InChI=1S/C14H17NOS/c1-10-3-4-11(2)12(5-10)6-13(16)7-14-8-15-9-17-14/h3-5,8-9,13,16H,6-7H2,1-2H3. The molecule has 1 aromatic carbocycles. The van der Waals surface area contributed by atoms with E-state index in [0.717, 1.165) is 4.88 Å². The lowest BCUT2D eigenvalue weighted by Crippen LogP contribution is -2.14. The van der Waals surface area contributed by atoms with Crippen LogP contribution < -0.4 is 0 Å². The Hall–Kier alpha value is -1.19. The lowest BCUT2D eigenvalue weighted by atomic mass is 9.99. The number of aliphatic hydroxyl groups is 1. The topological polar surface area (TPSA) is 33.1 Å². The number of aryl methyl sites for hydroxylation is 2. The lowest BCUT2D eigenvalue weighted by Gasteiger charge is -2.12. The lowest BCUT2D eigenvalue weighted by molar-refractivity contribution is 0.176. The van der Waals surface area contributed by atoms with Crippen molar-refractivity contribution < 1.29 is 5.11 Å². The molecule has 3 heteroatoms.